The highest BCUT2D eigenvalue weighted by molar-refractivity contribution is 6.35. The predicted octanol–water partition coefficient (Wildman–Crippen LogP) is 4.71. The molecule has 2 aromatic rings. The maximum absolute atomic E-state index is 12.5. The third kappa shape index (κ3) is 4.82. The number of hydrogen-bond acceptors (Lipinski definition) is 4. The number of amides is 1. The molecule has 5 nitrogen and oxygen atoms in total. The van der Waals surface area contributed by atoms with Crippen LogP contribution in [0.4, 0.5) is 11.5 Å². The number of halogens is 2. The van der Waals surface area contributed by atoms with E-state index in [-0.39, 0.29) is 5.91 Å². The quantitative estimate of drug-likeness (QED) is 0.804. The zero-order valence-corrected chi connectivity index (χ0v) is 15.4. The van der Waals surface area contributed by atoms with E-state index in [4.69, 9.17) is 23.2 Å². The molecule has 24 heavy (non-hydrogen) atoms. The van der Waals surface area contributed by atoms with Crippen molar-refractivity contribution in [3.8, 4) is 0 Å². The first kappa shape index (κ1) is 18.5. The Morgan fingerprint density at radius 2 is 2.00 bits per heavy atom. The number of anilines is 2. The Labute approximate surface area is 152 Å². The lowest BCUT2D eigenvalue weighted by Gasteiger charge is -2.17. The van der Waals surface area contributed by atoms with Crippen molar-refractivity contribution in [2.45, 2.75) is 26.7 Å². The molecule has 0 spiro atoms. The average Bonchev–Trinajstić information content (AvgIpc) is 2.54. The summed E-state index contributed by atoms with van der Waals surface area (Å²) in [5.74, 6) is 0.874. The Bertz CT molecular complexity index is 737. The highest BCUT2D eigenvalue weighted by Crippen LogP contribution is 2.28. The molecule has 128 valence electrons. The standard InChI is InChI=1S/C17H20Cl2N4O/c1-4-5-8-23(3)17(24)15-10-16(21-11(2)20-15)22-14-9-12(18)6-7-13(14)19/h6-7,9-10H,4-5,8H2,1-3H3,(H,20,21,22). The molecule has 0 atom stereocenters. The third-order valence-electron chi connectivity index (χ3n) is 3.44. The summed E-state index contributed by atoms with van der Waals surface area (Å²) in [6.45, 7) is 4.53. The molecule has 0 aliphatic carbocycles. The van der Waals surface area contributed by atoms with Crippen LogP contribution in [0.1, 0.15) is 36.1 Å². The van der Waals surface area contributed by atoms with Crippen molar-refractivity contribution in [3.63, 3.8) is 0 Å². The minimum absolute atomic E-state index is 0.130. The van der Waals surface area contributed by atoms with E-state index in [2.05, 4.69) is 22.2 Å². The van der Waals surface area contributed by atoms with Gasteiger partial charge in [0.1, 0.15) is 17.3 Å². The molecule has 1 aromatic heterocycles. The summed E-state index contributed by atoms with van der Waals surface area (Å²) in [4.78, 5) is 22.7. The van der Waals surface area contributed by atoms with Crippen molar-refractivity contribution in [2.75, 3.05) is 18.9 Å². The van der Waals surface area contributed by atoms with E-state index in [1.807, 2.05) is 0 Å². The van der Waals surface area contributed by atoms with Crippen molar-refractivity contribution >= 4 is 40.6 Å². The molecule has 0 bridgehead atoms. The number of nitrogens with one attached hydrogen (secondary N) is 1. The van der Waals surface area contributed by atoms with Gasteiger partial charge in [-0.1, -0.05) is 36.5 Å². The average molecular weight is 367 g/mol. The zero-order chi connectivity index (χ0) is 17.7. The Morgan fingerprint density at radius 3 is 2.71 bits per heavy atom. The molecule has 1 amide bonds. The number of hydrogen-bond donors (Lipinski definition) is 1. The molecule has 0 saturated carbocycles. The lowest BCUT2D eigenvalue weighted by atomic mass is 10.2. The Balaban J connectivity index is 2.25. The van der Waals surface area contributed by atoms with E-state index in [0.29, 0.717) is 39.6 Å². The Morgan fingerprint density at radius 1 is 1.25 bits per heavy atom. The first-order valence-electron chi connectivity index (χ1n) is 7.74. The van der Waals surface area contributed by atoms with Crippen LogP contribution < -0.4 is 5.32 Å². The summed E-state index contributed by atoms with van der Waals surface area (Å²) in [7, 11) is 1.77. The lowest BCUT2D eigenvalue weighted by molar-refractivity contribution is 0.0787. The van der Waals surface area contributed by atoms with Gasteiger partial charge < -0.3 is 10.2 Å². The normalized spacial score (nSPS) is 10.5. The maximum Gasteiger partial charge on any atom is 0.272 e. The second kappa shape index (κ2) is 8.31. The fourth-order valence-corrected chi connectivity index (χ4v) is 2.50. The number of nitrogens with zero attached hydrogens (tertiary/aromatic N) is 3. The summed E-state index contributed by atoms with van der Waals surface area (Å²) in [5, 5.41) is 4.17. The van der Waals surface area contributed by atoms with Gasteiger partial charge in [-0.2, -0.15) is 0 Å². The molecule has 0 saturated heterocycles. The highest BCUT2D eigenvalue weighted by Gasteiger charge is 2.15. The molecule has 2 rings (SSSR count). The third-order valence-corrected chi connectivity index (χ3v) is 4.01. The van der Waals surface area contributed by atoms with Crippen LogP contribution in [-0.2, 0) is 0 Å². The SMILES string of the molecule is CCCCN(C)C(=O)c1cc(Nc2cc(Cl)ccc2Cl)nc(C)n1. The van der Waals surface area contributed by atoms with Crippen LogP contribution >= 0.6 is 23.2 Å². The molecule has 0 aliphatic rings. The van der Waals surface area contributed by atoms with Gasteiger partial charge in [-0.25, -0.2) is 9.97 Å². The van der Waals surface area contributed by atoms with Gasteiger partial charge in [0.15, 0.2) is 0 Å². The van der Waals surface area contributed by atoms with Crippen LogP contribution in [0, 0.1) is 6.92 Å². The van der Waals surface area contributed by atoms with E-state index in [1.54, 1.807) is 43.1 Å². The molecule has 0 unspecified atom stereocenters. The van der Waals surface area contributed by atoms with E-state index in [9.17, 15) is 4.79 Å². The van der Waals surface area contributed by atoms with Crippen LogP contribution in [0.25, 0.3) is 0 Å². The molecule has 1 aromatic carbocycles. The molecule has 1 N–H and O–H groups in total. The van der Waals surface area contributed by atoms with Crippen molar-refractivity contribution in [2.24, 2.45) is 0 Å². The van der Waals surface area contributed by atoms with Crippen LogP contribution in [0.15, 0.2) is 24.3 Å². The Hall–Kier alpha value is -1.85. The summed E-state index contributed by atoms with van der Waals surface area (Å²) in [6, 6.07) is 6.73. The summed E-state index contributed by atoms with van der Waals surface area (Å²) in [5.41, 5.74) is 0.974. The van der Waals surface area contributed by atoms with E-state index < -0.39 is 0 Å². The number of carbonyl (C=O) groups excluding carboxylic acids is 1. The smallest absolute Gasteiger partial charge is 0.272 e. The molecule has 1 heterocycles. The molecule has 0 fully saturated rings. The van der Waals surface area contributed by atoms with Crippen molar-refractivity contribution in [1.29, 1.82) is 0 Å². The number of aromatic nitrogens is 2. The van der Waals surface area contributed by atoms with Crippen molar-refractivity contribution in [1.82, 2.24) is 14.9 Å². The predicted molar refractivity (Wildman–Crippen MR) is 98.4 cm³/mol. The second-order valence-corrected chi connectivity index (χ2v) is 6.36. The van der Waals surface area contributed by atoms with Gasteiger partial charge >= 0.3 is 0 Å². The molecular formula is C17H20Cl2N4O. The Kier molecular flexibility index (Phi) is 6.40. The van der Waals surface area contributed by atoms with E-state index in [0.717, 1.165) is 12.8 Å². The summed E-state index contributed by atoms with van der Waals surface area (Å²) in [6.07, 6.45) is 1.98. The number of carbonyl (C=O) groups is 1. The van der Waals surface area contributed by atoms with Crippen LogP contribution in [0.5, 0.6) is 0 Å². The molecule has 7 heteroatoms. The lowest BCUT2D eigenvalue weighted by Crippen LogP contribution is -2.28. The van der Waals surface area contributed by atoms with Crippen LogP contribution in [0.2, 0.25) is 10.0 Å². The first-order chi connectivity index (χ1) is 11.4. The number of benzene rings is 1. The molecular weight excluding hydrogens is 347 g/mol. The first-order valence-corrected chi connectivity index (χ1v) is 8.49. The van der Waals surface area contributed by atoms with E-state index >= 15 is 0 Å². The van der Waals surface area contributed by atoms with Crippen LogP contribution in [0.3, 0.4) is 0 Å². The van der Waals surface area contributed by atoms with Gasteiger partial charge in [0.25, 0.3) is 5.91 Å². The second-order valence-electron chi connectivity index (χ2n) is 5.52. The number of rotatable bonds is 6. The van der Waals surface area contributed by atoms with E-state index in [1.165, 1.54) is 0 Å². The maximum atomic E-state index is 12.5. The van der Waals surface area contributed by atoms with Crippen molar-refractivity contribution in [3.05, 3.63) is 45.8 Å². The largest absolute Gasteiger partial charge is 0.340 e. The van der Waals surface area contributed by atoms with Gasteiger partial charge in [-0.05, 0) is 31.5 Å². The zero-order valence-electron chi connectivity index (χ0n) is 13.9. The van der Waals surface area contributed by atoms with Gasteiger partial charge in [-0.15, -0.1) is 0 Å². The highest BCUT2D eigenvalue weighted by atomic mass is 35.5. The van der Waals surface area contributed by atoms with Gasteiger partial charge in [0, 0.05) is 24.7 Å². The minimum atomic E-state index is -0.130. The van der Waals surface area contributed by atoms with Crippen LogP contribution in [-0.4, -0.2) is 34.4 Å². The fraction of sp³-hybridized carbons (Fsp3) is 0.353. The monoisotopic (exact) mass is 366 g/mol. The number of aryl methyl sites for hydroxylation is 1. The van der Waals surface area contributed by atoms with Gasteiger partial charge in [0.05, 0.1) is 10.7 Å². The topological polar surface area (TPSA) is 58.1 Å². The summed E-state index contributed by atoms with van der Waals surface area (Å²) < 4.78 is 0. The van der Waals surface area contributed by atoms with Gasteiger partial charge in [-0.3, -0.25) is 4.79 Å². The van der Waals surface area contributed by atoms with Gasteiger partial charge in [0.2, 0.25) is 0 Å². The van der Waals surface area contributed by atoms with Crippen molar-refractivity contribution < 1.29 is 4.79 Å². The number of unbranched alkanes of at least 4 members (excludes halogenated alkanes) is 1. The molecule has 0 aliphatic heterocycles. The molecule has 0 radical (unpaired) electrons. The minimum Gasteiger partial charge on any atom is -0.340 e. The fourth-order valence-electron chi connectivity index (χ4n) is 2.16. The summed E-state index contributed by atoms with van der Waals surface area (Å²) >= 11 is 12.2.